The average molecular weight is 160 g/mol. The van der Waals surface area contributed by atoms with Crippen molar-refractivity contribution >= 4 is 5.97 Å². The molecule has 0 aromatic carbocycles. The van der Waals surface area contributed by atoms with Gasteiger partial charge < -0.3 is 4.74 Å². The summed E-state index contributed by atoms with van der Waals surface area (Å²) < 4.78 is 4.99. The van der Waals surface area contributed by atoms with E-state index in [-0.39, 0.29) is 12.5 Å². The SMILES string of the molecule is CN(N)CC(=O)OC(C)(C)C. The van der Waals surface area contributed by atoms with Crippen LogP contribution in [0.4, 0.5) is 0 Å². The van der Waals surface area contributed by atoms with Crippen molar-refractivity contribution in [1.82, 2.24) is 5.01 Å². The molecule has 0 rings (SSSR count). The third-order valence-corrected chi connectivity index (χ3v) is 0.799. The molecule has 2 N–H and O–H groups in total. The van der Waals surface area contributed by atoms with E-state index in [1.807, 2.05) is 20.8 Å². The number of nitrogens with zero attached hydrogens (tertiary/aromatic N) is 1. The quantitative estimate of drug-likeness (QED) is 0.354. The molecule has 0 radical (unpaired) electrons. The van der Waals surface area contributed by atoms with Gasteiger partial charge in [-0.05, 0) is 20.8 Å². The van der Waals surface area contributed by atoms with Gasteiger partial charge in [-0.2, -0.15) is 0 Å². The Morgan fingerprint density at radius 1 is 1.55 bits per heavy atom. The molecule has 0 spiro atoms. The molecule has 4 heteroatoms. The Hall–Kier alpha value is -0.610. The minimum Gasteiger partial charge on any atom is -0.459 e. The molecule has 0 aliphatic rings. The van der Waals surface area contributed by atoms with Crippen LogP contribution >= 0.6 is 0 Å². The summed E-state index contributed by atoms with van der Waals surface area (Å²) in [6, 6.07) is 0. The summed E-state index contributed by atoms with van der Waals surface area (Å²) in [5.41, 5.74) is -0.424. The number of nitrogens with two attached hydrogens (primary N) is 1. The third kappa shape index (κ3) is 7.29. The lowest BCUT2D eigenvalue weighted by molar-refractivity contribution is -0.155. The fourth-order valence-electron chi connectivity index (χ4n) is 0.577. The number of hydrogen-bond donors (Lipinski definition) is 1. The van der Waals surface area contributed by atoms with Crippen molar-refractivity contribution in [3.05, 3.63) is 0 Å². The maximum Gasteiger partial charge on any atom is 0.322 e. The molecule has 11 heavy (non-hydrogen) atoms. The molecule has 4 nitrogen and oxygen atoms in total. The topological polar surface area (TPSA) is 55.6 Å². The highest BCUT2D eigenvalue weighted by Crippen LogP contribution is 2.06. The van der Waals surface area contributed by atoms with Crippen LogP contribution in [0.1, 0.15) is 20.8 Å². The van der Waals surface area contributed by atoms with Crippen molar-refractivity contribution in [1.29, 1.82) is 0 Å². The Morgan fingerprint density at radius 2 is 2.00 bits per heavy atom. The van der Waals surface area contributed by atoms with Crippen LogP contribution in [0.25, 0.3) is 0 Å². The summed E-state index contributed by atoms with van der Waals surface area (Å²) >= 11 is 0. The number of carbonyl (C=O) groups excluding carboxylic acids is 1. The van der Waals surface area contributed by atoms with Crippen LogP contribution in [-0.2, 0) is 9.53 Å². The van der Waals surface area contributed by atoms with Gasteiger partial charge in [0.1, 0.15) is 12.1 Å². The van der Waals surface area contributed by atoms with Gasteiger partial charge in [-0.1, -0.05) is 0 Å². The van der Waals surface area contributed by atoms with Crippen LogP contribution in [-0.4, -0.2) is 30.2 Å². The Morgan fingerprint density at radius 3 is 2.27 bits per heavy atom. The van der Waals surface area contributed by atoms with E-state index in [1.54, 1.807) is 7.05 Å². The third-order valence-electron chi connectivity index (χ3n) is 0.799. The van der Waals surface area contributed by atoms with Crippen molar-refractivity contribution < 1.29 is 9.53 Å². The van der Waals surface area contributed by atoms with Gasteiger partial charge in [0, 0.05) is 7.05 Å². The fourth-order valence-corrected chi connectivity index (χ4v) is 0.577. The monoisotopic (exact) mass is 160 g/mol. The molecule has 0 saturated carbocycles. The van der Waals surface area contributed by atoms with Gasteiger partial charge in [0.15, 0.2) is 0 Å². The standard InChI is InChI=1S/C7H16N2O2/c1-7(2,3)11-6(10)5-9(4)8/h5,8H2,1-4H3. The van der Waals surface area contributed by atoms with E-state index in [2.05, 4.69) is 0 Å². The molecule has 0 aliphatic heterocycles. The molecule has 0 unspecified atom stereocenters. The number of ether oxygens (including phenoxy) is 1. The van der Waals surface area contributed by atoms with Gasteiger partial charge in [-0.15, -0.1) is 0 Å². The number of likely N-dealkylation sites (N-methyl/N-ethyl adjacent to an activating group) is 1. The van der Waals surface area contributed by atoms with Crippen molar-refractivity contribution in [2.75, 3.05) is 13.6 Å². The summed E-state index contributed by atoms with van der Waals surface area (Å²) in [4.78, 5) is 10.9. The first kappa shape index (κ1) is 10.4. The molecule has 0 bridgehead atoms. The van der Waals surface area contributed by atoms with E-state index in [4.69, 9.17) is 10.6 Å². The summed E-state index contributed by atoms with van der Waals surface area (Å²) in [5.74, 6) is 4.94. The van der Waals surface area contributed by atoms with Gasteiger partial charge in [0.25, 0.3) is 0 Å². The van der Waals surface area contributed by atoms with Gasteiger partial charge in [-0.3, -0.25) is 10.6 Å². The molecule has 0 saturated heterocycles. The van der Waals surface area contributed by atoms with Crippen molar-refractivity contribution in [2.24, 2.45) is 5.84 Å². The number of rotatable bonds is 2. The maximum absolute atomic E-state index is 10.9. The lowest BCUT2D eigenvalue weighted by atomic mass is 10.2. The zero-order chi connectivity index (χ0) is 9.07. The zero-order valence-electron chi connectivity index (χ0n) is 7.55. The predicted molar refractivity (Wildman–Crippen MR) is 42.7 cm³/mol. The molecule has 66 valence electrons. The molecule has 0 heterocycles. The van der Waals surface area contributed by atoms with E-state index in [9.17, 15) is 4.79 Å². The van der Waals surface area contributed by atoms with Crippen molar-refractivity contribution in [3.63, 3.8) is 0 Å². The Labute approximate surface area is 67.3 Å². The van der Waals surface area contributed by atoms with Gasteiger partial charge in [0.2, 0.25) is 0 Å². The molecule has 0 aliphatic carbocycles. The van der Waals surface area contributed by atoms with Crippen molar-refractivity contribution in [3.8, 4) is 0 Å². The van der Waals surface area contributed by atoms with Crippen LogP contribution < -0.4 is 5.84 Å². The number of esters is 1. The fraction of sp³-hybridized carbons (Fsp3) is 0.857. The minimum atomic E-state index is -0.424. The second-order valence-electron chi connectivity index (χ2n) is 3.50. The summed E-state index contributed by atoms with van der Waals surface area (Å²) in [5, 5.41) is 1.29. The summed E-state index contributed by atoms with van der Waals surface area (Å²) in [6.45, 7) is 5.58. The number of carbonyl (C=O) groups is 1. The molecule has 0 fully saturated rings. The van der Waals surface area contributed by atoms with Crippen LogP contribution in [0.3, 0.4) is 0 Å². The molecule has 0 aromatic rings. The smallest absolute Gasteiger partial charge is 0.322 e. The van der Waals surface area contributed by atoms with Crippen LogP contribution in [0.15, 0.2) is 0 Å². The zero-order valence-corrected chi connectivity index (χ0v) is 7.55. The molecular formula is C7H16N2O2. The Kier molecular flexibility index (Phi) is 3.48. The first-order chi connectivity index (χ1) is 4.81. The Balaban J connectivity index is 3.71. The van der Waals surface area contributed by atoms with Gasteiger partial charge in [0.05, 0.1) is 0 Å². The largest absolute Gasteiger partial charge is 0.459 e. The summed E-state index contributed by atoms with van der Waals surface area (Å²) in [6.07, 6.45) is 0. The summed E-state index contributed by atoms with van der Waals surface area (Å²) in [7, 11) is 1.62. The van der Waals surface area contributed by atoms with Gasteiger partial charge in [-0.25, -0.2) is 5.01 Å². The second kappa shape index (κ2) is 3.69. The minimum absolute atomic E-state index is 0.122. The van der Waals surface area contributed by atoms with Gasteiger partial charge >= 0.3 is 5.97 Å². The normalized spacial score (nSPS) is 11.8. The van der Waals surface area contributed by atoms with E-state index in [0.717, 1.165) is 0 Å². The van der Waals surface area contributed by atoms with E-state index in [0.29, 0.717) is 0 Å². The highest BCUT2D eigenvalue weighted by atomic mass is 16.6. The maximum atomic E-state index is 10.9. The highest BCUT2D eigenvalue weighted by molar-refractivity contribution is 5.71. The number of hydrazine groups is 1. The molecule has 0 atom stereocenters. The second-order valence-corrected chi connectivity index (χ2v) is 3.50. The first-order valence-corrected chi connectivity index (χ1v) is 3.49. The predicted octanol–water partition coefficient (Wildman–Crippen LogP) is 0.134. The Bertz CT molecular complexity index is 138. The average Bonchev–Trinajstić information content (AvgIpc) is 1.53. The van der Waals surface area contributed by atoms with Crippen LogP contribution in [0.2, 0.25) is 0 Å². The van der Waals surface area contributed by atoms with Crippen molar-refractivity contribution in [2.45, 2.75) is 26.4 Å². The highest BCUT2D eigenvalue weighted by Gasteiger charge is 2.16. The first-order valence-electron chi connectivity index (χ1n) is 3.49. The van der Waals surface area contributed by atoms with Crippen LogP contribution in [0, 0.1) is 0 Å². The van der Waals surface area contributed by atoms with Crippen LogP contribution in [0.5, 0.6) is 0 Å². The lowest BCUT2D eigenvalue weighted by Crippen LogP contribution is -2.36. The van der Waals surface area contributed by atoms with E-state index >= 15 is 0 Å². The van der Waals surface area contributed by atoms with E-state index < -0.39 is 5.60 Å². The lowest BCUT2D eigenvalue weighted by Gasteiger charge is -2.20. The van der Waals surface area contributed by atoms with E-state index in [1.165, 1.54) is 5.01 Å². The molecular weight excluding hydrogens is 144 g/mol. The molecule has 0 aromatic heterocycles. The number of hydrogen-bond acceptors (Lipinski definition) is 4. The molecule has 0 amide bonds.